The minimum absolute atomic E-state index is 0.0695. The van der Waals surface area contributed by atoms with Gasteiger partial charge in [-0.3, -0.25) is 14.6 Å². The van der Waals surface area contributed by atoms with E-state index >= 15 is 0 Å². The fraction of sp³-hybridized carbons (Fsp3) is 0.200. The average Bonchev–Trinajstić information content (AvgIpc) is 3.38. The van der Waals surface area contributed by atoms with Gasteiger partial charge in [0, 0.05) is 28.9 Å². The van der Waals surface area contributed by atoms with E-state index in [0.717, 1.165) is 23.5 Å². The highest BCUT2D eigenvalue weighted by atomic mass is 32.1. The van der Waals surface area contributed by atoms with Gasteiger partial charge in [-0.2, -0.15) is 0 Å². The van der Waals surface area contributed by atoms with Crippen LogP contribution in [0.4, 0.5) is 5.69 Å². The molecular weight excluding hydrogens is 360 g/mol. The highest BCUT2D eigenvalue weighted by Gasteiger charge is 2.23. The molecule has 1 aromatic carbocycles. The Morgan fingerprint density at radius 3 is 2.63 bits per heavy atom. The summed E-state index contributed by atoms with van der Waals surface area (Å²) in [5.41, 5.74) is 2.76. The number of anilines is 1. The standard InChI is InChI=1S/C20H18N4O2S/c25-18(11-16-12-27-20(24-16)17-3-1-2-10-21-17)22-14-6-4-13(5-7-14)19(26)23-15-8-9-15/h1-7,10,12,15H,8-9,11H2,(H,22,25)(H,23,26). The number of thiazole rings is 1. The molecule has 4 rings (SSSR count). The second-order valence-electron chi connectivity index (χ2n) is 6.41. The molecule has 2 N–H and O–H groups in total. The number of nitrogens with zero attached hydrogens (tertiary/aromatic N) is 2. The molecule has 27 heavy (non-hydrogen) atoms. The fourth-order valence-electron chi connectivity index (χ4n) is 2.57. The molecule has 0 bridgehead atoms. The van der Waals surface area contributed by atoms with E-state index in [1.807, 2.05) is 23.6 Å². The van der Waals surface area contributed by atoms with E-state index in [1.165, 1.54) is 11.3 Å². The fourth-order valence-corrected chi connectivity index (χ4v) is 3.36. The van der Waals surface area contributed by atoms with Gasteiger partial charge in [-0.1, -0.05) is 6.07 Å². The molecule has 0 aliphatic heterocycles. The molecule has 2 heterocycles. The lowest BCUT2D eigenvalue weighted by molar-refractivity contribution is -0.115. The lowest BCUT2D eigenvalue weighted by atomic mass is 10.2. The minimum atomic E-state index is -0.150. The van der Waals surface area contributed by atoms with Crippen LogP contribution < -0.4 is 10.6 Å². The van der Waals surface area contributed by atoms with Crippen molar-refractivity contribution in [2.45, 2.75) is 25.3 Å². The Morgan fingerprint density at radius 2 is 1.93 bits per heavy atom. The Balaban J connectivity index is 1.34. The van der Waals surface area contributed by atoms with Crippen molar-refractivity contribution in [3.8, 4) is 10.7 Å². The van der Waals surface area contributed by atoms with Crippen molar-refractivity contribution in [2.24, 2.45) is 0 Å². The smallest absolute Gasteiger partial charge is 0.251 e. The van der Waals surface area contributed by atoms with E-state index in [1.54, 1.807) is 30.5 Å². The van der Waals surface area contributed by atoms with Gasteiger partial charge in [0.1, 0.15) is 5.01 Å². The Labute approximate surface area is 160 Å². The predicted molar refractivity (Wildman–Crippen MR) is 105 cm³/mol. The maximum absolute atomic E-state index is 12.3. The first-order valence-electron chi connectivity index (χ1n) is 8.74. The number of rotatable bonds is 6. The van der Waals surface area contributed by atoms with Gasteiger partial charge < -0.3 is 10.6 Å². The molecule has 3 aromatic rings. The van der Waals surface area contributed by atoms with Crippen LogP contribution in [0.1, 0.15) is 28.9 Å². The van der Waals surface area contributed by atoms with Crippen molar-refractivity contribution in [3.63, 3.8) is 0 Å². The van der Waals surface area contributed by atoms with E-state index in [2.05, 4.69) is 20.6 Å². The number of amides is 2. The molecule has 7 heteroatoms. The largest absolute Gasteiger partial charge is 0.349 e. The highest BCUT2D eigenvalue weighted by molar-refractivity contribution is 7.13. The van der Waals surface area contributed by atoms with Gasteiger partial charge >= 0.3 is 0 Å². The van der Waals surface area contributed by atoms with E-state index in [-0.39, 0.29) is 18.2 Å². The Bertz CT molecular complexity index is 950. The molecule has 2 aromatic heterocycles. The summed E-state index contributed by atoms with van der Waals surface area (Å²) >= 11 is 1.47. The monoisotopic (exact) mass is 378 g/mol. The molecule has 1 fully saturated rings. The van der Waals surface area contributed by atoms with Crippen LogP contribution in [0.5, 0.6) is 0 Å². The van der Waals surface area contributed by atoms with Crippen molar-refractivity contribution in [2.75, 3.05) is 5.32 Å². The zero-order valence-corrected chi connectivity index (χ0v) is 15.3. The average molecular weight is 378 g/mol. The van der Waals surface area contributed by atoms with Crippen LogP contribution in [0.3, 0.4) is 0 Å². The zero-order chi connectivity index (χ0) is 18.6. The number of hydrogen-bond donors (Lipinski definition) is 2. The molecule has 0 unspecified atom stereocenters. The highest BCUT2D eigenvalue weighted by Crippen LogP contribution is 2.22. The maximum atomic E-state index is 12.3. The summed E-state index contributed by atoms with van der Waals surface area (Å²) in [6.07, 6.45) is 4.02. The summed E-state index contributed by atoms with van der Waals surface area (Å²) in [4.78, 5) is 33.0. The van der Waals surface area contributed by atoms with Gasteiger partial charge in [-0.05, 0) is 49.2 Å². The van der Waals surface area contributed by atoms with Crippen LogP contribution in [0.2, 0.25) is 0 Å². The Hall–Kier alpha value is -3.06. The number of nitrogens with one attached hydrogen (secondary N) is 2. The second-order valence-corrected chi connectivity index (χ2v) is 7.27. The molecule has 0 atom stereocenters. The Kier molecular flexibility index (Phi) is 4.93. The first kappa shape index (κ1) is 17.4. The van der Waals surface area contributed by atoms with Crippen LogP contribution in [0.25, 0.3) is 10.7 Å². The van der Waals surface area contributed by atoms with E-state index in [9.17, 15) is 9.59 Å². The van der Waals surface area contributed by atoms with Crippen LogP contribution in [-0.4, -0.2) is 27.8 Å². The summed E-state index contributed by atoms with van der Waals surface area (Å²) in [5, 5.41) is 8.44. The van der Waals surface area contributed by atoms with Gasteiger partial charge in [0.25, 0.3) is 5.91 Å². The lowest BCUT2D eigenvalue weighted by Crippen LogP contribution is -2.25. The van der Waals surface area contributed by atoms with Gasteiger partial charge in [0.2, 0.25) is 5.91 Å². The van der Waals surface area contributed by atoms with Gasteiger partial charge in [0.15, 0.2) is 0 Å². The maximum Gasteiger partial charge on any atom is 0.251 e. The molecule has 6 nitrogen and oxygen atoms in total. The summed E-state index contributed by atoms with van der Waals surface area (Å²) in [6.45, 7) is 0. The summed E-state index contributed by atoms with van der Waals surface area (Å²) in [6, 6.07) is 12.9. The third kappa shape index (κ3) is 4.57. The number of benzene rings is 1. The first-order valence-corrected chi connectivity index (χ1v) is 9.62. The number of aromatic nitrogens is 2. The summed E-state index contributed by atoms with van der Waals surface area (Å²) < 4.78 is 0. The zero-order valence-electron chi connectivity index (χ0n) is 14.5. The molecule has 1 aliphatic carbocycles. The van der Waals surface area contributed by atoms with Gasteiger partial charge in [-0.25, -0.2) is 4.98 Å². The molecule has 0 radical (unpaired) electrons. The third-order valence-electron chi connectivity index (χ3n) is 4.12. The quantitative estimate of drug-likeness (QED) is 0.689. The number of carbonyl (C=O) groups is 2. The van der Waals surface area contributed by atoms with Crippen molar-refractivity contribution < 1.29 is 9.59 Å². The normalized spacial score (nSPS) is 13.2. The minimum Gasteiger partial charge on any atom is -0.349 e. The van der Waals surface area contributed by atoms with Gasteiger partial charge in [0.05, 0.1) is 17.8 Å². The van der Waals surface area contributed by atoms with E-state index in [4.69, 9.17) is 0 Å². The predicted octanol–water partition coefficient (Wildman–Crippen LogP) is 3.28. The first-order chi connectivity index (χ1) is 13.2. The second kappa shape index (κ2) is 7.67. The van der Waals surface area contributed by atoms with Crippen molar-refractivity contribution in [1.29, 1.82) is 0 Å². The number of hydrogen-bond acceptors (Lipinski definition) is 5. The SMILES string of the molecule is O=C(Cc1csc(-c2ccccn2)n1)Nc1ccc(C(=O)NC2CC2)cc1. The van der Waals surface area contributed by atoms with Gasteiger partial charge in [-0.15, -0.1) is 11.3 Å². The molecule has 0 saturated heterocycles. The van der Waals surface area contributed by atoms with Crippen LogP contribution >= 0.6 is 11.3 Å². The third-order valence-corrected chi connectivity index (χ3v) is 5.03. The Morgan fingerprint density at radius 1 is 1.11 bits per heavy atom. The molecule has 2 amide bonds. The van der Waals surface area contributed by atoms with Crippen molar-refractivity contribution >= 4 is 28.8 Å². The summed E-state index contributed by atoms with van der Waals surface area (Å²) in [7, 11) is 0. The van der Waals surface area contributed by atoms with Crippen LogP contribution in [0, 0.1) is 0 Å². The van der Waals surface area contributed by atoms with Crippen molar-refractivity contribution in [3.05, 3.63) is 65.3 Å². The summed E-state index contributed by atoms with van der Waals surface area (Å²) in [5.74, 6) is -0.219. The number of pyridine rings is 1. The molecular formula is C20H18N4O2S. The van der Waals surface area contributed by atoms with Crippen LogP contribution in [0.15, 0.2) is 54.0 Å². The molecule has 1 aliphatic rings. The van der Waals surface area contributed by atoms with Crippen molar-refractivity contribution in [1.82, 2.24) is 15.3 Å². The van der Waals surface area contributed by atoms with E-state index in [0.29, 0.717) is 23.0 Å². The number of carbonyl (C=O) groups excluding carboxylic acids is 2. The molecule has 1 saturated carbocycles. The molecule has 136 valence electrons. The van der Waals surface area contributed by atoms with Crippen LogP contribution in [-0.2, 0) is 11.2 Å². The lowest BCUT2D eigenvalue weighted by Gasteiger charge is -2.06. The van der Waals surface area contributed by atoms with E-state index < -0.39 is 0 Å². The topological polar surface area (TPSA) is 84.0 Å². The molecule has 0 spiro atoms.